The number of benzene rings is 1. The third kappa shape index (κ3) is 1.30. The summed E-state index contributed by atoms with van der Waals surface area (Å²) in [7, 11) is 0. The van der Waals surface area contributed by atoms with Gasteiger partial charge in [0.1, 0.15) is 6.20 Å². The van der Waals surface area contributed by atoms with Gasteiger partial charge in [0.05, 0.1) is 0 Å². The van der Waals surface area contributed by atoms with Gasteiger partial charge in [0, 0.05) is 0 Å². The molecule has 0 aliphatic carbocycles. The third-order valence-electron chi connectivity index (χ3n) is 2.28. The van der Waals surface area contributed by atoms with Crippen LogP contribution in [0.5, 0.6) is 0 Å². The highest BCUT2D eigenvalue weighted by molar-refractivity contribution is 5.38. The number of fused-ring (bicyclic) bond motifs is 1. The topological polar surface area (TPSA) is 35.3 Å². The molecule has 0 fully saturated rings. The SMILES string of the molecule is Cc1cc2[n-][n+](-c3ccccc3)nn2c1. The fraction of sp³-hybridized carbons (Fsp3) is 0.0909. The zero-order chi connectivity index (χ0) is 10.3. The van der Waals surface area contributed by atoms with Crippen molar-refractivity contribution in [3.63, 3.8) is 0 Å². The molecule has 74 valence electrons. The van der Waals surface area contributed by atoms with Crippen molar-refractivity contribution in [3.8, 4) is 5.69 Å². The predicted octanol–water partition coefficient (Wildman–Crippen LogP) is 0.877. The molecule has 0 amide bonds. The van der Waals surface area contributed by atoms with Gasteiger partial charge < -0.3 is 0 Å². The van der Waals surface area contributed by atoms with Gasteiger partial charge in [0.2, 0.25) is 0 Å². The summed E-state index contributed by atoms with van der Waals surface area (Å²) >= 11 is 0. The molecule has 15 heavy (non-hydrogen) atoms. The zero-order valence-corrected chi connectivity index (χ0v) is 8.33. The van der Waals surface area contributed by atoms with E-state index in [9.17, 15) is 0 Å². The molecular weight excluding hydrogens is 188 g/mol. The first-order chi connectivity index (χ1) is 7.33. The van der Waals surface area contributed by atoms with Crippen molar-refractivity contribution in [2.75, 3.05) is 0 Å². The molecule has 3 rings (SSSR count). The van der Waals surface area contributed by atoms with Crippen molar-refractivity contribution in [1.82, 2.24) is 14.8 Å². The van der Waals surface area contributed by atoms with E-state index in [4.69, 9.17) is 0 Å². The van der Waals surface area contributed by atoms with Crippen LogP contribution in [0.25, 0.3) is 11.3 Å². The van der Waals surface area contributed by atoms with Crippen LogP contribution in [0.15, 0.2) is 42.6 Å². The van der Waals surface area contributed by atoms with E-state index < -0.39 is 0 Å². The van der Waals surface area contributed by atoms with Gasteiger partial charge in [-0.25, -0.2) is 0 Å². The highest BCUT2D eigenvalue weighted by Crippen LogP contribution is 2.02. The molecule has 0 saturated carbocycles. The maximum absolute atomic E-state index is 4.37. The summed E-state index contributed by atoms with van der Waals surface area (Å²) < 4.78 is 1.78. The van der Waals surface area contributed by atoms with Crippen LogP contribution >= 0.6 is 0 Å². The number of rotatable bonds is 1. The molecule has 3 aromatic rings. The highest BCUT2D eigenvalue weighted by atomic mass is 15.6. The fourth-order valence-electron chi connectivity index (χ4n) is 1.59. The van der Waals surface area contributed by atoms with Crippen molar-refractivity contribution >= 4 is 5.65 Å². The molecule has 0 spiro atoms. The molecule has 4 nitrogen and oxygen atoms in total. The second-order valence-electron chi connectivity index (χ2n) is 3.53. The van der Waals surface area contributed by atoms with Crippen LogP contribution in [0.3, 0.4) is 0 Å². The number of aromatic nitrogens is 4. The third-order valence-corrected chi connectivity index (χ3v) is 2.28. The van der Waals surface area contributed by atoms with Gasteiger partial charge in [0.15, 0.2) is 11.3 Å². The summed E-state index contributed by atoms with van der Waals surface area (Å²) in [4.78, 5) is 1.63. The summed E-state index contributed by atoms with van der Waals surface area (Å²) in [6.07, 6.45) is 1.96. The lowest BCUT2D eigenvalue weighted by Gasteiger charge is -1.93. The van der Waals surface area contributed by atoms with Gasteiger partial charge in [-0.2, -0.15) is 9.61 Å². The van der Waals surface area contributed by atoms with Crippen LogP contribution in [0.1, 0.15) is 5.56 Å². The minimum absolute atomic E-state index is 0.872. The Morgan fingerprint density at radius 2 is 2.07 bits per heavy atom. The van der Waals surface area contributed by atoms with Crippen molar-refractivity contribution in [3.05, 3.63) is 48.2 Å². The van der Waals surface area contributed by atoms with E-state index in [0.29, 0.717) is 0 Å². The first-order valence-electron chi connectivity index (χ1n) is 4.81. The molecular formula is C11H10N4. The lowest BCUT2D eigenvalue weighted by Crippen LogP contribution is -2.38. The minimum Gasteiger partial charge on any atom is -0.161 e. The van der Waals surface area contributed by atoms with Gasteiger partial charge >= 0.3 is 0 Å². The van der Waals surface area contributed by atoms with E-state index in [0.717, 1.165) is 11.3 Å². The molecule has 0 unspecified atom stereocenters. The van der Waals surface area contributed by atoms with Crippen LogP contribution in [0.4, 0.5) is 0 Å². The van der Waals surface area contributed by atoms with Gasteiger partial charge in [-0.15, -0.1) is 4.80 Å². The first kappa shape index (κ1) is 8.23. The second kappa shape index (κ2) is 2.95. The molecule has 0 aliphatic heterocycles. The van der Waals surface area contributed by atoms with Crippen molar-refractivity contribution in [2.24, 2.45) is 0 Å². The lowest BCUT2D eigenvalue weighted by molar-refractivity contribution is -0.721. The molecule has 0 saturated heterocycles. The Kier molecular flexibility index (Phi) is 1.62. The molecule has 0 radical (unpaired) electrons. The second-order valence-corrected chi connectivity index (χ2v) is 3.53. The molecule has 0 aliphatic rings. The van der Waals surface area contributed by atoms with Crippen molar-refractivity contribution < 1.29 is 4.80 Å². The Morgan fingerprint density at radius 1 is 1.27 bits per heavy atom. The summed E-state index contributed by atoms with van der Waals surface area (Å²) in [5.41, 5.74) is 3.01. The molecule has 2 heterocycles. The number of nitrogens with zero attached hydrogens (tertiary/aromatic N) is 4. The Balaban J connectivity index is 2.16. The van der Waals surface area contributed by atoms with E-state index in [1.165, 1.54) is 5.56 Å². The Hall–Kier alpha value is -2.10. The maximum Gasteiger partial charge on any atom is 0.199 e. The standard InChI is InChI=1S/C11H10N4/c1-9-7-11-12-15(13-14(11)8-9)10-5-3-2-4-6-10/h2-8H,1H3. The number of para-hydroxylation sites is 1. The van der Waals surface area contributed by atoms with Gasteiger partial charge in [-0.1, -0.05) is 18.2 Å². The normalized spacial score (nSPS) is 11.0. The molecule has 4 heteroatoms. The van der Waals surface area contributed by atoms with Gasteiger partial charge in [0.25, 0.3) is 0 Å². The Bertz CT molecular complexity index is 560. The molecule has 0 N–H and O–H groups in total. The number of hydrogen-bond donors (Lipinski definition) is 0. The van der Waals surface area contributed by atoms with Crippen LogP contribution in [-0.4, -0.2) is 9.73 Å². The average Bonchev–Trinajstić information content (AvgIpc) is 2.76. The Labute approximate surface area is 86.7 Å². The molecule has 1 aromatic carbocycles. The zero-order valence-electron chi connectivity index (χ0n) is 8.33. The van der Waals surface area contributed by atoms with E-state index in [2.05, 4.69) is 10.3 Å². The Morgan fingerprint density at radius 3 is 2.80 bits per heavy atom. The van der Waals surface area contributed by atoms with Crippen LogP contribution in [0, 0.1) is 6.92 Å². The smallest absolute Gasteiger partial charge is 0.161 e. The van der Waals surface area contributed by atoms with E-state index in [-0.39, 0.29) is 0 Å². The number of aryl methyl sites for hydroxylation is 1. The van der Waals surface area contributed by atoms with Gasteiger partial charge in [-0.3, -0.25) is 0 Å². The fourth-order valence-corrected chi connectivity index (χ4v) is 1.59. The van der Waals surface area contributed by atoms with E-state index in [1.54, 1.807) is 9.31 Å². The average molecular weight is 198 g/mol. The molecule has 0 atom stereocenters. The quantitative estimate of drug-likeness (QED) is 0.544. The summed E-state index contributed by atoms with van der Waals surface area (Å²) in [6.45, 7) is 2.03. The van der Waals surface area contributed by atoms with Crippen molar-refractivity contribution in [2.45, 2.75) is 6.92 Å². The highest BCUT2D eigenvalue weighted by Gasteiger charge is 2.06. The van der Waals surface area contributed by atoms with E-state index >= 15 is 0 Å². The van der Waals surface area contributed by atoms with Crippen LogP contribution in [-0.2, 0) is 0 Å². The van der Waals surface area contributed by atoms with Crippen molar-refractivity contribution in [1.29, 1.82) is 0 Å². The number of tetrazole rings is 1. The summed E-state index contributed by atoms with van der Waals surface area (Å²) in [5.74, 6) is 0. The van der Waals surface area contributed by atoms with Gasteiger partial charge in [-0.05, 0) is 35.9 Å². The number of hydrogen-bond acceptors (Lipinski definition) is 1. The summed E-state index contributed by atoms with van der Waals surface area (Å²) in [5, 5.41) is 8.70. The summed E-state index contributed by atoms with van der Waals surface area (Å²) in [6, 6.07) is 11.9. The van der Waals surface area contributed by atoms with E-state index in [1.807, 2.05) is 49.5 Å². The predicted molar refractivity (Wildman–Crippen MR) is 54.8 cm³/mol. The van der Waals surface area contributed by atoms with Crippen LogP contribution in [0.2, 0.25) is 0 Å². The van der Waals surface area contributed by atoms with Crippen LogP contribution < -0.4 is 9.90 Å². The largest absolute Gasteiger partial charge is 0.199 e. The first-order valence-corrected chi connectivity index (χ1v) is 4.81. The maximum atomic E-state index is 4.37. The molecule has 2 aromatic heterocycles. The lowest BCUT2D eigenvalue weighted by atomic mass is 10.3. The monoisotopic (exact) mass is 198 g/mol. The molecule has 0 bridgehead atoms. The minimum atomic E-state index is 0.872.